The van der Waals surface area contributed by atoms with E-state index in [0.29, 0.717) is 10.9 Å². The Morgan fingerprint density at radius 1 is 1.36 bits per heavy atom. The zero-order chi connectivity index (χ0) is 10.1. The Morgan fingerprint density at radius 3 is 2.86 bits per heavy atom. The Balaban J connectivity index is 2.90. The molecule has 1 heterocycles. The number of nitrogens with two attached hydrogens (primary N) is 1. The van der Waals surface area contributed by atoms with Gasteiger partial charge >= 0.3 is 5.69 Å². The molecule has 0 aliphatic rings. The average Bonchev–Trinajstić information content (AvgIpc) is 2.17. The summed E-state index contributed by atoms with van der Waals surface area (Å²) >= 11 is 0. The normalized spacial score (nSPS) is 10.3. The van der Waals surface area contributed by atoms with Crippen molar-refractivity contribution < 1.29 is 4.92 Å². The molecule has 2 N–H and O–H groups in total. The van der Waals surface area contributed by atoms with Crippen LogP contribution in [0.15, 0.2) is 30.5 Å². The molecule has 0 radical (unpaired) electrons. The fourth-order valence-corrected chi connectivity index (χ4v) is 1.36. The molecule has 0 unspecified atom stereocenters. The van der Waals surface area contributed by atoms with E-state index in [1.165, 1.54) is 6.07 Å². The van der Waals surface area contributed by atoms with E-state index in [2.05, 4.69) is 4.98 Å². The SMILES string of the molecule is Nc1ccc2ncccc2c1[N+](=O)[O-]. The predicted molar refractivity (Wildman–Crippen MR) is 52.8 cm³/mol. The van der Waals surface area contributed by atoms with E-state index in [1.807, 2.05) is 0 Å². The molecule has 0 aliphatic carbocycles. The van der Waals surface area contributed by atoms with E-state index in [0.717, 1.165) is 0 Å². The molecule has 2 aromatic rings. The Labute approximate surface area is 79.3 Å². The van der Waals surface area contributed by atoms with Crippen LogP contribution < -0.4 is 5.73 Å². The number of fused-ring (bicyclic) bond motifs is 1. The van der Waals surface area contributed by atoms with Gasteiger partial charge in [-0.25, -0.2) is 0 Å². The van der Waals surface area contributed by atoms with Gasteiger partial charge in [-0.2, -0.15) is 0 Å². The third-order valence-corrected chi connectivity index (χ3v) is 1.97. The second-order valence-corrected chi connectivity index (χ2v) is 2.83. The van der Waals surface area contributed by atoms with Gasteiger partial charge < -0.3 is 5.73 Å². The number of pyridine rings is 1. The molecule has 1 aromatic carbocycles. The van der Waals surface area contributed by atoms with Crippen molar-refractivity contribution in [2.75, 3.05) is 5.73 Å². The van der Waals surface area contributed by atoms with Crippen LogP contribution in [0.25, 0.3) is 10.9 Å². The van der Waals surface area contributed by atoms with Crippen LogP contribution in [-0.2, 0) is 0 Å². The van der Waals surface area contributed by atoms with Crippen LogP contribution in [0.4, 0.5) is 11.4 Å². The molecule has 0 spiro atoms. The minimum Gasteiger partial charge on any atom is -0.393 e. The van der Waals surface area contributed by atoms with Crippen LogP contribution in [0.1, 0.15) is 0 Å². The van der Waals surface area contributed by atoms with Gasteiger partial charge in [0.1, 0.15) is 5.69 Å². The number of aromatic nitrogens is 1. The number of hydrogen-bond donors (Lipinski definition) is 1. The summed E-state index contributed by atoms with van der Waals surface area (Å²) in [4.78, 5) is 14.3. The highest BCUT2D eigenvalue weighted by Crippen LogP contribution is 2.29. The van der Waals surface area contributed by atoms with Gasteiger partial charge in [0.2, 0.25) is 0 Å². The third kappa shape index (κ3) is 1.15. The molecule has 5 nitrogen and oxygen atoms in total. The van der Waals surface area contributed by atoms with Gasteiger partial charge in [-0.1, -0.05) is 0 Å². The maximum absolute atomic E-state index is 10.7. The summed E-state index contributed by atoms with van der Waals surface area (Å²) in [6.07, 6.45) is 1.59. The molecule has 5 heteroatoms. The van der Waals surface area contributed by atoms with Crippen LogP contribution in [0, 0.1) is 10.1 Å². The molecular weight excluding hydrogens is 182 g/mol. The summed E-state index contributed by atoms with van der Waals surface area (Å²) in [7, 11) is 0. The monoisotopic (exact) mass is 189 g/mol. The standard InChI is InChI=1S/C9H7N3O2/c10-7-3-4-8-6(2-1-5-11-8)9(7)12(13)14/h1-5H,10H2. The van der Waals surface area contributed by atoms with E-state index in [9.17, 15) is 10.1 Å². The molecular formula is C9H7N3O2. The van der Waals surface area contributed by atoms with Gasteiger partial charge in [-0.3, -0.25) is 15.1 Å². The van der Waals surface area contributed by atoms with Gasteiger partial charge in [-0.05, 0) is 24.3 Å². The minimum absolute atomic E-state index is 0.0735. The lowest BCUT2D eigenvalue weighted by molar-refractivity contribution is -0.382. The second kappa shape index (κ2) is 2.95. The van der Waals surface area contributed by atoms with Gasteiger partial charge in [0, 0.05) is 6.20 Å². The molecule has 0 amide bonds. The highest BCUT2D eigenvalue weighted by Gasteiger charge is 2.15. The third-order valence-electron chi connectivity index (χ3n) is 1.97. The van der Waals surface area contributed by atoms with Crippen LogP contribution in [0.2, 0.25) is 0 Å². The van der Waals surface area contributed by atoms with E-state index >= 15 is 0 Å². The number of nitro groups is 1. The highest BCUT2D eigenvalue weighted by atomic mass is 16.6. The van der Waals surface area contributed by atoms with E-state index in [4.69, 9.17) is 5.73 Å². The van der Waals surface area contributed by atoms with Crippen molar-refractivity contribution in [2.24, 2.45) is 0 Å². The number of nitro benzene ring substituents is 1. The first-order valence-electron chi connectivity index (χ1n) is 3.98. The van der Waals surface area contributed by atoms with Crippen LogP contribution in [0.3, 0.4) is 0 Å². The highest BCUT2D eigenvalue weighted by molar-refractivity contribution is 5.93. The summed E-state index contributed by atoms with van der Waals surface area (Å²) in [6.45, 7) is 0. The van der Waals surface area contributed by atoms with Crippen molar-refractivity contribution in [1.82, 2.24) is 4.98 Å². The van der Waals surface area contributed by atoms with Gasteiger partial charge in [0.15, 0.2) is 0 Å². The number of hydrogen-bond acceptors (Lipinski definition) is 4. The van der Waals surface area contributed by atoms with Crippen LogP contribution in [-0.4, -0.2) is 9.91 Å². The molecule has 0 aliphatic heterocycles. The van der Waals surface area contributed by atoms with E-state index in [1.54, 1.807) is 24.4 Å². The number of rotatable bonds is 1. The zero-order valence-electron chi connectivity index (χ0n) is 7.18. The first kappa shape index (κ1) is 8.43. The number of anilines is 1. The minimum atomic E-state index is -0.487. The van der Waals surface area contributed by atoms with E-state index < -0.39 is 4.92 Å². The summed E-state index contributed by atoms with van der Waals surface area (Å²) in [6, 6.07) is 6.44. The maximum Gasteiger partial charge on any atom is 0.301 e. The summed E-state index contributed by atoms with van der Waals surface area (Å²) in [5.41, 5.74) is 6.18. The number of benzene rings is 1. The fraction of sp³-hybridized carbons (Fsp3) is 0. The Hall–Kier alpha value is -2.17. The van der Waals surface area contributed by atoms with Crippen molar-refractivity contribution >= 4 is 22.3 Å². The Morgan fingerprint density at radius 2 is 2.14 bits per heavy atom. The van der Waals surface area contributed by atoms with Crippen LogP contribution in [0.5, 0.6) is 0 Å². The lowest BCUT2D eigenvalue weighted by Crippen LogP contribution is -1.96. The topological polar surface area (TPSA) is 82.0 Å². The molecule has 2 rings (SSSR count). The number of nitrogens with zero attached hydrogens (tertiary/aromatic N) is 2. The van der Waals surface area contributed by atoms with Crippen LogP contribution >= 0.6 is 0 Å². The largest absolute Gasteiger partial charge is 0.393 e. The molecule has 0 bridgehead atoms. The van der Waals surface area contributed by atoms with Gasteiger partial charge in [0.25, 0.3) is 0 Å². The smallest absolute Gasteiger partial charge is 0.301 e. The second-order valence-electron chi connectivity index (χ2n) is 2.83. The maximum atomic E-state index is 10.7. The lowest BCUT2D eigenvalue weighted by atomic mass is 10.1. The first-order chi connectivity index (χ1) is 6.70. The van der Waals surface area contributed by atoms with E-state index in [-0.39, 0.29) is 11.4 Å². The molecule has 14 heavy (non-hydrogen) atoms. The lowest BCUT2D eigenvalue weighted by Gasteiger charge is -2.00. The molecule has 70 valence electrons. The summed E-state index contributed by atoms with van der Waals surface area (Å²) < 4.78 is 0. The molecule has 0 atom stereocenters. The summed E-state index contributed by atoms with van der Waals surface area (Å²) in [5.74, 6) is 0. The fourth-order valence-electron chi connectivity index (χ4n) is 1.36. The average molecular weight is 189 g/mol. The summed E-state index contributed by atoms with van der Waals surface area (Å²) in [5, 5.41) is 11.2. The Kier molecular flexibility index (Phi) is 1.78. The quantitative estimate of drug-likeness (QED) is 0.420. The Bertz CT molecular complexity index is 510. The van der Waals surface area contributed by atoms with Crippen molar-refractivity contribution in [2.45, 2.75) is 0 Å². The van der Waals surface area contributed by atoms with Gasteiger partial charge in [-0.15, -0.1) is 0 Å². The van der Waals surface area contributed by atoms with Crippen molar-refractivity contribution in [3.8, 4) is 0 Å². The molecule has 0 fully saturated rings. The van der Waals surface area contributed by atoms with Crippen molar-refractivity contribution in [1.29, 1.82) is 0 Å². The first-order valence-corrected chi connectivity index (χ1v) is 3.98. The zero-order valence-corrected chi connectivity index (χ0v) is 7.18. The van der Waals surface area contributed by atoms with Gasteiger partial charge in [0.05, 0.1) is 15.8 Å². The predicted octanol–water partition coefficient (Wildman–Crippen LogP) is 1.73. The number of nitrogen functional groups attached to an aromatic ring is 1. The molecule has 0 saturated carbocycles. The molecule has 0 saturated heterocycles. The van der Waals surface area contributed by atoms with Crippen molar-refractivity contribution in [3.05, 3.63) is 40.6 Å². The van der Waals surface area contributed by atoms with Crippen molar-refractivity contribution in [3.63, 3.8) is 0 Å². The molecule has 1 aromatic heterocycles.